The predicted molar refractivity (Wildman–Crippen MR) is 83.4 cm³/mol. The minimum Gasteiger partial charge on any atom is -0.251 e. The van der Waals surface area contributed by atoms with Gasteiger partial charge in [-0.25, -0.2) is 4.98 Å². The Kier molecular flexibility index (Phi) is 3.82. The Hall–Kier alpha value is -3.23. The minimum absolute atomic E-state index is 0.641. The average Bonchev–Trinajstić information content (AvgIpc) is 3.00. The van der Waals surface area contributed by atoms with Crippen molar-refractivity contribution in [3.05, 3.63) is 90.0 Å². The Bertz CT molecular complexity index is 766. The molecule has 0 aliphatic carbocycles. The van der Waals surface area contributed by atoms with Gasteiger partial charge in [0.2, 0.25) is 0 Å². The van der Waals surface area contributed by atoms with E-state index in [9.17, 15) is 0 Å². The number of imidazole rings is 1. The van der Waals surface area contributed by atoms with Gasteiger partial charge in [0.15, 0.2) is 5.82 Å². The molecule has 0 unspecified atom stereocenters. The molecule has 21 heavy (non-hydrogen) atoms. The molecule has 0 amide bonds. The molecule has 2 nitrogen and oxygen atoms in total. The molecule has 0 bridgehead atoms. The van der Waals surface area contributed by atoms with Crippen molar-refractivity contribution in [3.63, 3.8) is 0 Å². The minimum atomic E-state index is 0.641. The van der Waals surface area contributed by atoms with Crippen molar-refractivity contribution in [1.82, 2.24) is 9.55 Å². The monoisotopic (exact) mass is 268 g/mol. The summed E-state index contributed by atoms with van der Waals surface area (Å²) in [7, 11) is 0. The standard InChI is InChI=1S/C19H12N2/c1-3-7-17(8-4-1)11-12-19-20-14-16-21(19)15-13-18-9-5-2-6-10-18/h1-10,14,16H. The SMILES string of the molecule is C(#Cc1nccn1C#Cc1ccccc1)c1ccccc1. The fourth-order valence-electron chi connectivity index (χ4n) is 1.78. The summed E-state index contributed by atoms with van der Waals surface area (Å²) in [5, 5.41) is 0. The van der Waals surface area contributed by atoms with Crippen molar-refractivity contribution in [3.8, 4) is 23.8 Å². The molecule has 0 saturated heterocycles. The number of hydrogen-bond donors (Lipinski definition) is 0. The van der Waals surface area contributed by atoms with Crippen molar-refractivity contribution in [2.24, 2.45) is 0 Å². The Labute approximate surface area is 124 Å². The van der Waals surface area contributed by atoms with E-state index in [4.69, 9.17) is 0 Å². The number of benzene rings is 2. The second-order valence-corrected chi connectivity index (χ2v) is 4.34. The van der Waals surface area contributed by atoms with Gasteiger partial charge in [0.1, 0.15) is 0 Å². The lowest BCUT2D eigenvalue weighted by Gasteiger charge is -1.91. The van der Waals surface area contributed by atoms with E-state index in [-0.39, 0.29) is 0 Å². The average molecular weight is 268 g/mol. The van der Waals surface area contributed by atoms with E-state index in [1.807, 2.05) is 66.9 Å². The van der Waals surface area contributed by atoms with E-state index in [1.54, 1.807) is 10.8 Å². The first kappa shape index (κ1) is 12.8. The molecule has 0 aliphatic rings. The van der Waals surface area contributed by atoms with Crippen LogP contribution in [-0.2, 0) is 0 Å². The molecular formula is C19H12N2. The molecule has 1 aromatic heterocycles. The largest absolute Gasteiger partial charge is 0.251 e. The topological polar surface area (TPSA) is 17.8 Å². The molecule has 1 heterocycles. The van der Waals surface area contributed by atoms with E-state index in [0.29, 0.717) is 5.82 Å². The zero-order chi connectivity index (χ0) is 14.3. The summed E-state index contributed by atoms with van der Waals surface area (Å²) in [4.78, 5) is 4.23. The first-order chi connectivity index (χ1) is 10.4. The Morgan fingerprint density at radius 1 is 0.714 bits per heavy atom. The summed E-state index contributed by atoms with van der Waals surface area (Å²) in [6.45, 7) is 0. The van der Waals surface area contributed by atoms with Gasteiger partial charge in [-0.1, -0.05) is 42.3 Å². The summed E-state index contributed by atoms with van der Waals surface area (Å²) in [5.74, 6) is 9.86. The summed E-state index contributed by atoms with van der Waals surface area (Å²) in [6, 6.07) is 22.7. The van der Waals surface area contributed by atoms with Crippen LogP contribution < -0.4 is 0 Å². The summed E-state index contributed by atoms with van der Waals surface area (Å²) < 4.78 is 1.74. The van der Waals surface area contributed by atoms with Crippen LogP contribution in [0.2, 0.25) is 0 Å². The molecule has 0 fully saturated rings. The quantitative estimate of drug-likeness (QED) is 0.573. The van der Waals surface area contributed by atoms with Crippen LogP contribution in [0.25, 0.3) is 0 Å². The van der Waals surface area contributed by atoms with Crippen LogP contribution in [-0.4, -0.2) is 9.55 Å². The third-order valence-corrected chi connectivity index (χ3v) is 2.83. The molecule has 3 aromatic rings. The molecular weight excluding hydrogens is 256 g/mol. The van der Waals surface area contributed by atoms with Gasteiger partial charge in [-0.3, -0.25) is 4.57 Å². The molecule has 0 radical (unpaired) electrons. The van der Waals surface area contributed by atoms with Crippen LogP contribution in [0.5, 0.6) is 0 Å². The van der Waals surface area contributed by atoms with Crippen molar-refractivity contribution < 1.29 is 0 Å². The Morgan fingerprint density at radius 2 is 1.33 bits per heavy atom. The fourth-order valence-corrected chi connectivity index (χ4v) is 1.78. The predicted octanol–water partition coefficient (Wildman–Crippen LogP) is 3.14. The lowest BCUT2D eigenvalue weighted by molar-refractivity contribution is 1.08. The zero-order valence-electron chi connectivity index (χ0n) is 11.3. The fraction of sp³-hybridized carbons (Fsp3) is 0. The van der Waals surface area contributed by atoms with E-state index in [2.05, 4.69) is 28.8 Å². The molecule has 98 valence electrons. The van der Waals surface area contributed by atoms with Crippen LogP contribution in [0.4, 0.5) is 0 Å². The molecule has 0 N–H and O–H groups in total. The number of hydrogen-bond acceptors (Lipinski definition) is 1. The van der Waals surface area contributed by atoms with Gasteiger partial charge in [-0.15, -0.1) is 0 Å². The Balaban J connectivity index is 1.86. The van der Waals surface area contributed by atoms with E-state index >= 15 is 0 Å². The molecule has 0 atom stereocenters. The van der Waals surface area contributed by atoms with E-state index < -0.39 is 0 Å². The van der Waals surface area contributed by atoms with Gasteiger partial charge in [0.05, 0.1) is 0 Å². The van der Waals surface area contributed by atoms with Crippen LogP contribution in [0, 0.1) is 23.8 Å². The first-order valence-corrected chi connectivity index (χ1v) is 6.59. The van der Waals surface area contributed by atoms with E-state index in [1.165, 1.54) is 0 Å². The van der Waals surface area contributed by atoms with Crippen LogP contribution >= 0.6 is 0 Å². The van der Waals surface area contributed by atoms with Crippen LogP contribution in [0.1, 0.15) is 17.0 Å². The van der Waals surface area contributed by atoms with Gasteiger partial charge in [-0.05, 0) is 36.1 Å². The van der Waals surface area contributed by atoms with E-state index in [0.717, 1.165) is 11.1 Å². The summed E-state index contributed by atoms with van der Waals surface area (Å²) >= 11 is 0. The second-order valence-electron chi connectivity index (χ2n) is 4.34. The van der Waals surface area contributed by atoms with Crippen molar-refractivity contribution in [1.29, 1.82) is 0 Å². The summed E-state index contributed by atoms with van der Waals surface area (Å²) in [6.07, 6.45) is 3.51. The smallest absolute Gasteiger partial charge is 0.197 e. The molecule has 0 aliphatic heterocycles. The van der Waals surface area contributed by atoms with Gasteiger partial charge in [0.25, 0.3) is 0 Å². The number of rotatable bonds is 0. The molecule has 3 rings (SSSR count). The maximum Gasteiger partial charge on any atom is 0.197 e. The van der Waals surface area contributed by atoms with Gasteiger partial charge in [0, 0.05) is 29.6 Å². The molecule has 2 aromatic carbocycles. The highest BCUT2D eigenvalue weighted by Gasteiger charge is 1.95. The van der Waals surface area contributed by atoms with Gasteiger partial charge >= 0.3 is 0 Å². The highest BCUT2D eigenvalue weighted by Crippen LogP contribution is 1.99. The van der Waals surface area contributed by atoms with Crippen molar-refractivity contribution >= 4 is 0 Å². The highest BCUT2D eigenvalue weighted by molar-refractivity contribution is 5.40. The maximum absolute atomic E-state index is 4.23. The third kappa shape index (κ3) is 3.41. The maximum atomic E-state index is 4.23. The lowest BCUT2D eigenvalue weighted by atomic mass is 10.2. The molecule has 2 heteroatoms. The Morgan fingerprint density at radius 3 is 2.00 bits per heavy atom. The third-order valence-electron chi connectivity index (χ3n) is 2.83. The molecule has 0 saturated carbocycles. The van der Waals surface area contributed by atoms with Crippen LogP contribution in [0.15, 0.2) is 73.1 Å². The van der Waals surface area contributed by atoms with Gasteiger partial charge in [-0.2, -0.15) is 0 Å². The van der Waals surface area contributed by atoms with Crippen molar-refractivity contribution in [2.75, 3.05) is 0 Å². The van der Waals surface area contributed by atoms with Crippen molar-refractivity contribution in [2.45, 2.75) is 0 Å². The van der Waals surface area contributed by atoms with Gasteiger partial charge < -0.3 is 0 Å². The van der Waals surface area contributed by atoms with Crippen LogP contribution in [0.3, 0.4) is 0 Å². The highest BCUT2D eigenvalue weighted by atomic mass is 15.0. The first-order valence-electron chi connectivity index (χ1n) is 6.59. The summed E-state index contributed by atoms with van der Waals surface area (Å²) in [5.41, 5.74) is 1.93. The number of nitrogens with zero attached hydrogens (tertiary/aromatic N) is 2. The second kappa shape index (κ2) is 6.28. The molecule has 0 spiro atoms. The normalized spacial score (nSPS) is 9.14. The zero-order valence-corrected chi connectivity index (χ0v) is 11.3. The number of aromatic nitrogens is 2. The lowest BCUT2D eigenvalue weighted by Crippen LogP contribution is -1.92.